The van der Waals surface area contributed by atoms with Gasteiger partial charge in [0.1, 0.15) is 92.2 Å². The molecule has 0 radical (unpaired) electrons. The van der Waals surface area contributed by atoms with Gasteiger partial charge in [-0.15, -0.1) is 0 Å². The number of ketones is 2. The molecule has 0 saturated heterocycles. The number of aliphatic hydroxyl groups excluding tert-OH is 3. The Morgan fingerprint density at radius 2 is 0.800 bits per heavy atom. The summed E-state index contributed by atoms with van der Waals surface area (Å²) in [7, 11) is 0. The Balaban J connectivity index is 0.000000111. The molecular weight excluding hydrogens is 1750 g/mol. The Labute approximate surface area is 807 Å². The highest BCUT2D eigenvalue weighted by Crippen LogP contribution is 2.51. The number of allylic oxidation sites excluding steroid dienone is 13. The molecule has 2 unspecified atom stereocenters. The summed E-state index contributed by atoms with van der Waals surface area (Å²) in [5.74, 6) is -1.09. The number of benzene rings is 12. The minimum Gasteiger partial charge on any atom is -0.508 e. The van der Waals surface area contributed by atoms with E-state index in [-0.39, 0.29) is 119 Å². The number of aromatic hydroxyl groups is 4. The molecule has 0 saturated carbocycles. The van der Waals surface area contributed by atoms with Crippen LogP contribution >= 0.6 is 0 Å². The molecule has 688 valence electrons. The third-order valence-corrected chi connectivity index (χ3v) is 27.7. The van der Waals surface area contributed by atoms with Gasteiger partial charge in [0.05, 0.1) is 40.5 Å². The lowest BCUT2D eigenvalue weighted by atomic mass is 9.75. The Morgan fingerprint density at radius 3 is 1.24 bits per heavy atom. The highest BCUT2D eigenvalue weighted by Gasteiger charge is 2.43. The summed E-state index contributed by atoms with van der Waals surface area (Å²) in [5, 5.41) is 73.4. The van der Waals surface area contributed by atoms with Gasteiger partial charge < -0.3 is 53.7 Å². The maximum atomic E-state index is 13.6. The van der Waals surface area contributed by atoms with Crippen LogP contribution in [0.4, 0.5) is 0 Å². The van der Waals surface area contributed by atoms with Crippen molar-refractivity contribution in [3.63, 3.8) is 0 Å². The molecule has 12 aromatic carbocycles. The van der Waals surface area contributed by atoms with Crippen LogP contribution in [0.15, 0.2) is 365 Å². The number of carbonyl (C=O) groups excluding carboxylic acids is 2. The molecule has 0 fully saturated rings. The van der Waals surface area contributed by atoms with E-state index in [4.69, 9.17) is 18.0 Å². The van der Waals surface area contributed by atoms with Gasteiger partial charge in [-0.3, -0.25) is 24.0 Å². The predicted octanol–water partition coefficient (Wildman–Crippen LogP) is 25.1. The molecule has 4 heterocycles. The first-order valence-corrected chi connectivity index (χ1v) is 46.8. The van der Waals surface area contributed by atoms with Crippen molar-refractivity contribution in [1.29, 1.82) is 0 Å². The number of aliphatic hydroxyl groups is 3. The minimum atomic E-state index is -1.26. The van der Waals surface area contributed by atoms with Crippen molar-refractivity contribution < 1.29 is 63.3 Å². The van der Waals surface area contributed by atoms with Crippen molar-refractivity contribution in [3.05, 3.63) is 530 Å². The second-order valence-corrected chi connectivity index (χ2v) is 37.7. The number of aryl methyl sites for hydroxylation is 8. The van der Waals surface area contributed by atoms with Gasteiger partial charge in [0.2, 0.25) is 10.9 Å². The van der Waals surface area contributed by atoms with E-state index in [2.05, 4.69) is 181 Å². The molecule has 24 rings (SSSR count). The smallest absolute Gasteiger partial charge is 0.204 e. The van der Waals surface area contributed by atoms with Crippen molar-refractivity contribution in [1.82, 2.24) is 0 Å². The number of hydrogen-bond acceptors (Lipinski definition) is 16. The van der Waals surface area contributed by atoms with E-state index >= 15 is 0 Å². The van der Waals surface area contributed by atoms with E-state index in [1.54, 1.807) is 0 Å². The van der Waals surface area contributed by atoms with Gasteiger partial charge in [-0.05, 0) is 210 Å². The van der Waals surface area contributed by atoms with Gasteiger partial charge in [-0.2, -0.15) is 0 Å². The van der Waals surface area contributed by atoms with Gasteiger partial charge >= 0.3 is 0 Å². The van der Waals surface area contributed by atoms with Crippen LogP contribution in [-0.2, 0) is 40.0 Å². The predicted molar refractivity (Wildman–Crippen MR) is 549 cm³/mol. The van der Waals surface area contributed by atoms with Crippen molar-refractivity contribution in [2.45, 2.75) is 112 Å². The van der Waals surface area contributed by atoms with Crippen LogP contribution < -0.4 is 16.3 Å². The fourth-order valence-corrected chi connectivity index (χ4v) is 21.2. The Bertz CT molecular complexity index is 8250. The zero-order valence-corrected chi connectivity index (χ0v) is 78.1. The fraction of sp³-hybridized carbons (Fsp3) is 0.137. The van der Waals surface area contributed by atoms with Gasteiger partial charge in [0, 0.05) is 70.2 Å². The first-order valence-electron chi connectivity index (χ1n) is 46.8. The zero-order valence-electron chi connectivity index (χ0n) is 78.1. The molecule has 0 bridgehead atoms. The molecule has 16 nitrogen and oxygen atoms in total. The van der Waals surface area contributed by atoms with Crippen molar-refractivity contribution in [3.8, 4) is 34.3 Å². The number of fused-ring (bicyclic) bond motifs is 12. The van der Waals surface area contributed by atoms with Crippen LogP contribution in [0.3, 0.4) is 0 Å². The summed E-state index contributed by atoms with van der Waals surface area (Å²) >= 11 is 0. The summed E-state index contributed by atoms with van der Waals surface area (Å²) in [5.41, 5.74) is 37.8. The quantitative estimate of drug-likeness (QED) is 0.0807. The van der Waals surface area contributed by atoms with Gasteiger partial charge in [-0.1, -0.05) is 293 Å². The van der Waals surface area contributed by atoms with Crippen LogP contribution in [0, 0.1) is 55.4 Å². The molecule has 0 spiro atoms. The summed E-state index contributed by atoms with van der Waals surface area (Å²) < 4.78 is 23.6. The van der Waals surface area contributed by atoms with E-state index in [9.17, 15) is 59.7 Å². The fourth-order valence-electron chi connectivity index (χ4n) is 21.2. The van der Waals surface area contributed by atoms with Crippen LogP contribution in [0.5, 0.6) is 23.0 Å². The van der Waals surface area contributed by atoms with Crippen molar-refractivity contribution in [2.24, 2.45) is 0 Å². The van der Waals surface area contributed by atoms with Crippen molar-refractivity contribution in [2.75, 3.05) is 0 Å². The number of Topliss-reactive ketones (excluding diaryl/α,β-unsaturated/α-hetero) is 1. The lowest BCUT2D eigenvalue weighted by Crippen LogP contribution is -2.35. The van der Waals surface area contributed by atoms with E-state index in [0.717, 1.165) is 132 Å². The second kappa shape index (κ2) is 35.9. The second-order valence-electron chi connectivity index (χ2n) is 37.7. The van der Waals surface area contributed by atoms with E-state index in [1.165, 1.54) is 126 Å². The summed E-state index contributed by atoms with van der Waals surface area (Å²) in [4.78, 5) is 66.4. The Kier molecular flexibility index (Phi) is 23.0. The number of hydrogen-bond donors (Lipinski definition) is 7. The lowest BCUT2D eigenvalue weighted by molar-refractivity contribution is -0.118. The van der Waals surface area contributed by atoms with Crippen LogP contribution in [0.2, 0.25) is 0 Å². The third kappa shape index (κ3) is 16.5. The molecule has 15 aromatic rings. The number of rotatable bonds is 4. The molecule has 140 heavy (non-hydrogen) atoms. The number of ether oxygens (including phenoxy) is 1. The Morgan fingerprint density at radius 1 is 0.386 bits per heavy atom. The molecule has 2 atom stereocenters. The molecule has 0 amide bonds. The summed E-state index contributed by atoms with van der Waals surface area (Å²) in [6.07, 6.45) is 21.7. The number of carbonyl (C=O) groups is 2. The maximum absolute atomic E-state index is 13.6. The average Bonchev–Trinajstić information content (AvgIpc) is 0.733. The molecule has 9 aliphatic rings. The molecule has 16 heteroatoms. The monoisotopic (exact) mass is 1840 g/mol. The molecule has 7 N–H and O–H groups in total. The molecule has 3 aromatic heterocycles. The van der Waals surface area contributed by atoms with Gasteiger partial charge in [-0.25, -0.2) is 0 Å². The molecule has 1 aliphatic heterocycles. The minimum absolute atomic E-state index is 0.00344. The number of phenols is 4. The highest BCUT2D eigenvalue weighted by molar-refractivity contribution is 6.18. The van der Waals surface area contributed by atoms with E-state index in [0.29, 0.717) is 40.2 Å². The van der Waals surface area contributed by atoms with E-state index in [1.807, 2.05) is 123 Å². The lowest BCUT2D eigenvalue weighted by Gasteiger charge is -2.33. The summed E-state index contributed by atoms with van der Waals surface area (Å²) in [6, 6.07) is 76.5. The number of phenolic OH excluding ortho intramolecular Hbond substituents is 4. The van der Waals surface area contributed by atoms with Crippen molar-refractivity contribution >= 4 is 72.7 Å². The topological polar surface area (TPSA) is 276 Å². The van der Waals surface area contributed by atoms with Gasteiger partial charge in [0.25, 0.3) is 0 Å². The normalized spacial score (nSPS) is 16.6. The van der Waals surface area contributed by atoms with Crippen LogP contribution in [-0.4, -0.2) is 53.4 Å². The molecule has 8 aliphatic carbocycles. The van der Waals surface area contributed by atoms with Gasteiger partial charge in [0.15, 0.2) is 17.0 Å². The van der Waals surface area contributed by atoms with Crippen LogP contribution in [0.25, 0.3) is 72.5 Å². The van der Waals surface area contributed by atoms with Crippen LogP contribution in [0.1, 0.15) is 186 Å². The molecular formula is C124H96O16. The third-order valence-electron chi connectivity index (χ3n) is 27.7. The largest absolute Gasteiger partial charge is 0.508 e. The average molecular weight is 1840 g/mol. The first kappa shape index (κ1) is 89.6. The maximum Gasteiger partial charge on any atom is 0.204 e. The Hall–Kier alpha value is -17.0. The standard InChI is InChI=1S/4C31H24O4/c2*1-17-3-9-24-21(11-17)13-22-12-18(2)4-10-25(22)29(24)20-7-5-19(6-8-20)26-16-35-28-15-23(32)14-27(33)30(28)31(26)34;1-17-8-10-22-20(12-17)14-21-13-18(2)9-11-23(21)28(22)30-25(33)16-27-29(31(30)34)24(32)15-26(35-27)19-6-4-3-5-7-19;1-17-8-10-22-20(12-17)14-21-13-18(2)9-11-23(21)28(22)30-25(33)15-24(32)29-26(34)16-27(35-31(29)30)19-6-4-3-5-7-19/h3-7,9-12,14-16,32-33H,8,13H2,1-2H3;3-12,14-16,19,32-33H,13H2,1-2H3;3-13,15,27,34H,14,16H2,1-2H3;3-13,15-16,24,32-33H,14H2,1-2H3. The SMILES string of the molecule is Cc1ccc2c(c1)Cc1cc(C)ccc1C2=C1C(=O)CC2OC(c3ccccc3)=CC(=O)C2=C1O.Cc1ccc2c(c1)Cc1cc(C)ccc1C2=C1C(O)=CC(O)c2c1oc(-c1ccccc1)cc2=O.Cc1ccc2c(c1)Cc1cc(C)ccc1C2=C1C=CC(c2coc3cc(O)cc(O)c3c2=O)=CC1.Cc1ccc2c(c1)Cc1cc(C)ccc1C2=C1C=CC(c2coc3cc(O)cc(O)c3c2=O)C=C1. The van der Waals surface area contributed by atoms with E-state index < -0.39 is 12.2 Å². The summed E-state index contributed by atoms with van der Waals surface area (Å²) in [6.45, 7) is 16.7. The zero-order chi connectivity index (χ0) is 97.1. The highest BCUT2D eigenvalue weighted by atomic mass is 16.5. The first-order chi connectivity index (χ1) is 67.6.